The monoisotopic (exact) mass is 457 g/mol. The summed E-state index contributed by atoms with van der Waals surface area (Å²) in [5, 5.41) is 17.3. The van der Waals surface area contributed by atoms with Gasteiger partial charge in [0.15, 0.2) is 0 Å². The third-order valence-corrected chi connectivity index (χ3v) is 5.12. The molecule has 0 saturated heterocycles. The standard InChI is InChI=1S/C22H43N5O5/c1-12(2)11-15(24)19(28)26-18(14(5)6)21(30)27-17(13(3)4)20(29)25-16(22(31)32)9-7-8-10-23/h12-18H,7-11,23-24H2,1-6H3,(H,25,29)(H,26,28)(H,27,30)(H,31,32). The number of unbranched alkanes of at least 4 members (excludes halogenated alkanes) is 1. The SMILES string of the molecule is CC(C)CC(N)C(=O)NC(C(=O)NC(C(=O)NC(CCCCN)C(=O)O)C(C)C)C(C)C. The van der Waals surface area contributed by atoms with Crippen molar-refractivity contribution >= 4 is 23.7 Å². The van der Waals surface area contributed by atoms with Crippen LogP contribution in [0.2, 0.25) is 0 Å². The molecule has 8 N–H and O–H groups in total. The van der Waals surface area contributed by atoms with E-state index in [0.717, 1.165) is 0 Å². The molecule has 0 aliphatic heterocycles. The number of nitrogens with two attached hydrogens (primary N) is 2. The summed E-state index contributed by atoms with van der Waals surface area (Å²) in [6, 6.07) is -3.64. The molecule has 0 spiro atoms. The molecule has 10 nitrogen and oxygen atoms in total. The Kier molecular flexibility index (Phi) is 13.8. The van der Waals surface area contributed by atoms with Crippen LogP contribution >= 0.6 is 0 Å². The van der Waals surface area contributed by atoms with Crippen molar-refractivity contribution in [3.8, 4) is 0 Å². The number of carbonyl (C=O) groups excluding carboxylic acids is 3. The van der Waals surface area contributed by atoms with E-state index < -0.39 is 47.9 Å². The molecule has 0 aliphatic carbocycles. The third kappa shape index (κ3) is 10.9. The molecule has 186 valence electrons. The van der Waals surface area contributed by atoms with Gasteiger partial charge in [0.05, 0.1) is 6.04 Å². The van der Waals surface area contributed by atoms with Gasteiger partial charge in [0.1, 0.15) is 18.1 Å². The molecular formula is C22H43N5O5. The number of carboxylic acids is 1. The normalized spacial score (nSPS) is 15.2. The van der Waals surface area contributed by atoms with Gasteiger partial charge in [-0.05, 0) is 50.0 Å². The zero-order valence-electron chi connectivity index (χ0n) is 20.3. The van der Waals surface area contributed by atoms with Crippen molar-refractivity contribution in [1.29, 1.82) is 0 Å². The molecule has 0 aromatic carbocycles. The Bertz CT molecular complexity index is 624. The molecule has 3 amide bonds. The van der Waals surface area contributed by atoms with E-state index >= 15 is 0 Å². The zero-order valence-corrected chi connectivity index (χ0v) is 20.3. The highest BCUT2D eigenvalue weighted by Gasteiger charge is 2.33. The minimum absolute atomic E-state index is 0.225. The van der Waals surface area contributed by atoms with Crippen molar-refractivity contribution in [2.75, 3.05) is 6.54 Å². The van der Waals surface area contributed by atoms with E-state index in [4.69, 9.17) is 11.5 Å². The van der Waals surface area contributed by atoms with E-state index in [1.54, 1.807) is 27.7 Å². The fourth-order valence-corrected chi connectivity index (χ4v) is 3.20. The predicted molar refractivity (Wildman–Crippen MR) is 123 cm³/mol. The van der Waals surface area contributed by atoms with E-state index in [-0.39, 0.29) is 24.2 Å². The van der Waals surface area contributed by atoms with Crippen LogP contribution in [0.1, 0.15) is 67.2 Å². The number of carbonyl (C=O) groups is 4. The van der Waals surface area contributed by atoms with Crippen LogP contribution in [0.15, 0.2) is 0 Å². The first-order valence-corrected chi connectivity index (χ1v) is 11.4. The quantitative estimate of drug-likeness (QED) is 0.192. The first-order valence-electron chi connectivity index (χ1n) is 11.4. The summed E-state index contributed by atoms with van der Waals surface area (Å²) in [4.78, 5) is 49.7. The van der Waals surface area contributed by atoms with Gasteiger partial charge in [0, 0.05) is 0 Å². The first-order chi connectivity index (χ1) is 14.8. The number of carboxylic acid groups (broad SMARTS) is 1. The van der Waals surface area contributed by atoms with E-state index in [1.165, 1.54) is 0 Å². The third-order valence-electron chi connectivity index (χ3n) is 5.12. The molecule has 0 fully saturated rings. The minimum atomic E-state index is -1.14. The molecule has 0 aromatic rings. The maximum absolute atomic E-state index is 12.9. The minimum Gasteiger partial charge on any atom is -0.480 e. The highest BCUT2D eigenvalue weighted by molar-refractivity contribution is 5.94. The van der Waals surface area contributed by atoms with E-state index in [1.807, 2.05) is 13.8 Å². The van der Waals surface area contributed by atoms with Crippen LogP contribution in [0.5, 0.6) is 0 Å². The number of nitrogens with one attached hydrogen (secondary N) is 3. The summed E-state index contributed by atoms with van der Waals surface area (Å²) in [6.45, 7) is 11.4. The summed E-state index contributed by atoms with van der Waals surface area (Å²) >= 11 is 0. The van der Waals surface area contributed by atoms with Gasteiger partial charge >= 0.3 is 5.97 Å². The largest absolute Gasteiger partial charge is 0.480 e. The van der Waals surface area contributed by atoms with E-state index in [0.29, 0.717) is 25.8 Å². The molecule has 0 bridgehead atoms. The molecule has 0 heterocycles. The van der Waals surface area contributed by atoms with Gasteiger partial charge < -0.3 is 32.5 Å². The highest BCUT2D eigenvalue weighted by Crippen LogP contribution is 2.10. The van der Waals surface area contributed by atoms with Crippen LogP contribution < -0.4 is 27.4 Å². The Labute approximate surface area is 191 Å². The molecule has 0 aliphatic rings. The number of hydrogen-bond acceptors (Lipinski definition) is 6. The fraction of sp³-hybridized carbons (Fsp3) is 0.818. The van der Waals surface area contributed by atoms with Gasteiger partial charge in [-0.3, -0.25) is 14.4 Å². The van der Waals surface area contributed by atoms with Crippen LogP contribution in [-0.2, 0) is 19.2 Å². The van der Waals surface area contributed by atoms with Crippen molar-refractivity contribution in [3.63, 3.8) is 0 Å². The van der Waals surface area contributed by atoms with Gasteiger partial charge in [0.2, 0.25) is 17.7 Å². The van der Waals surface area contributed by atoms with Crippen molar-refractivity contribution in [2.24, 2.45) is 29.2 Å². The molecule has 32 heavy (non-hydrogen) atoms. The first kappa shape index (κ1) is 29.8. The smallest absolute Gasteiger partial charge is 0.326 e. The number of aliphatic carboxylic acids is 1. The summed E-state index contributed by atoms with van der Waals surface area (Å²) in [5.41, 5.74) is 11.4. The molecular weight excluding hydrogens is 414 g/mol. The fourth-order valence-electron chi connectivity index (χ4n) is 3.20. The zero-order chi connectivity index (χ0) is 25.0. The molecule has 4 unspecified atom stereocenters. The van der Waals surface area contributed by atoms with Crippen molar-refractivity contribution < 1.29 is 24.3 Å². The Morgan fingerprint density at radius 2 is 1.25 bits per heavy atom. The van der Waals surface area contributed by atoms with E-state index in [9.17, 15) is 24.3 Å². The molecule has 0 radical (unpaired) electrons. The maximum Gasteiger partial charge on any atom is 0.326 e. The lowest BCUT2D eigenvalue weighted by Gasteiger charge is -2.28. The number of rotatable bonds is 15. The van der Waals surface area contributed by atoms with Gasteiger partial charge in [-0.25, -0.2) is 4.79 Å². The van der Waals surface area contributed by atoms with Crippen LogP contribution in [-0.4, -0.2) is 59.5 Å². The lowest BCUT2D eigenvalue weighted by Crippen LogP contribution is -2.59. The average Bonchev–Trinajstić information content (AvgIpc) is 2.67. The Hall–Kier alpha value is -2.20. The Balaban J connectivity index is 5.28. The van der Waals surface area contributed by atoms with Gasteiger partial charge in [-0.1, -0.05) is 41.5 Å². The van der Waals surface area contributed by atoms with Crippen molar-refractivity contribution in [2.45, 2.75) is 91.4 Å². The van der Waals surface area contributed by atoms with Gasteiger partial charge in [-0.2, -0.15) is 0 Å². The summed E-state index contributed by atoms with van der Waals surface area (Å²) in [7, 11) is 0. The Morgan fingerprint density at radius 1 is 0.781 bits per heavy atom. The summed E-state index contributed by atoms with van der Waals surface area (Å²) in [5.74, 6) is -3.00. The summed E-state index contributed by atoms with van der Waals surface area (Å²) in [6.07, 6.45) is 1.94. The van der Waals surface area contributed by atoms with Crippen LogP contribution in [0, 0.1) is 17.8 Å². The molecule has 0 saturated carbocycles. The van der Waals surface area contributed by atoms with E-state index in [2.05, 4.69) is 16.0 Å². The lowest BCUT2D eigenvalue weighted by atomic mass is 9.98. The van der Waals surface area contributed by atoms with Gasteiger partial charge in [-0.15, -0.1) is 0 Å². The topological polar surface area (TPSA) is 177 Å². The highest BCUT2D eigenvalue weighted by atomic mass is 16.4. The second-order valence-electron chi connectivity index (χ2n) is 9.38. The van der Waals surface area contributed by atoms with Crippen LogP contribution in [0.3, 0.4) is 0 Å². The summed E-state index contributed by atoms with van der Waals surface area (Å²) < 4.78 is 0. The second-order valence-corrected chi connectivity index (χ2v) is 9.38. The Morgan fingerprint density at radius 3 is 1.66 bits per heavy atom. The maximum atomic E-state index is 12.9. The predicted octanol–water partition coefficient (Wildman–Crippen LogP) is 0.340. The van der Waals surface area contributed by atoms with Crippen LogP contribution in [0.4, 0.5) is 0 Å². The average molecular weight is 458 g/mol. The second kappa shape index (κ2) is 14.8. The lowest BCUT2D eigenvalue weighted by molar-refractivity contribution is -0.143. The molecule has 10 heteroatoms. The molecule has 4 atom stereocenters. The van der Waals surface area contributed by atoms with Crippen molar-refractivity contribution in [3.05, 3.63) is 0 Å². The molecule has 0 aromatic heterocycles. The number of amides is 3. The number of hydrogen-bond donors (Lipinski definition) is 6. The van der Waals surface area contributed by atoms with Crippen LogP contribution in [0.25, 0.3) is 0 Å². The molecule has 0 rings (SSSR count). The van der Waals surface area contributed by atoms with Crippen molar-refractivity contribution in [1.82, 2.24) is 16.0 Å². The van der Waals surface area contributed by atoms with Gasteiger partial charge in [0.25, 0.3) is 0 Å².